The fourth-order valence-electron chi connectivity index (χ4n) is 1.02. The van der Waals surface area contributed by atoms with Crippen LogP contribution in [0.25, 0.3) is 5.65 Å². The molecular weight excluding hydrogens is 154 g/mol. The summed E-state index contributed by atoms with van der Waals surface area (Å²) in [5, 5.41) is 11.8. The minimum absolute atomic E-state index is 0.327. The van der Waals surface area contributed by atoms with Crippen LogP contribution >= 0.6 is 0 Å². The summed E-state index contributed by atoms with van der Waals surface area (Å²) in [6.45, 7) is 3.90. The Labute approximate surface area is 69.2 Å². The highest BCUT2D eigenvalue weighted by Gasteiger charge is 2.03. The topological polar surface area (TPSA) is 69.1 Å². The number of nitrogens with two attached hydrogens (primary N) is 1. The van der Waals surface area contributed by atoms with E-state index in [4.69, 9.17) is 5.73 Å². The van der Waals surface area contributed by atoms with Crippen molar-refractivity contribution in [2.45, 2.75) is 13.8 Å². The predicted molar refractivity (Wildman–Crippen MR) is 44.7 cm³/mol. The van der Waals surface area contributed by atoms with Crippen molar-refractivity contribution >= 4 is 11.6 Å². The fourth-order valence-corrected chi connectivity index (χ4v) is 1.02. The molecule has 2 rings (SSSR count). The summed E-state index contributed by atoms with van der Waals surface area (Å²) in [5.74, 6) is 0.327. The number of nitrogens with zero attached hydrogens (tertiary/aromatic N) is 4. The van der Waals surface area contributed by atoms with Crippen molar-refractivity contribution < 1.29 is 0 Å². The van der Waals surface area contributed by atoms with Crippen LogP contribution in [0, 0.1) is 13.8 Å². The van der Waals surface area contributed by atoms with Crippen molar-refractivity contribution in [2.75, 3.05) is 5.73 Å². The molecule has 2 heterocycles. The summed E-state index contributed by atoms with van der Waals surface area (Å²) in [7, 11) is 0. The Morgan fingerprint density at radius 3 is 2.83 bits per heavy atom. The summed E-state index contributed by atoms with van der Waals surface area (Å²) in [6, 6.07) is 1.91. The summed E-state index contributed by atoms with van der Waals surface area (Å²) in [5.41, 5.74) is 8.24. The van der Waals surface area contributed by atoms with Gasteiger partial charge in [0.1, 0.15) is 0 Å². The van der Waals surface area contributed by atoms with E-state index in [9.17, 15) is 0 Å². The average Bonchev–Trinajstić information content (AvgIpc) is 2.35. The van der Waals surface area contributed by atoms with Gasteiger partial charge >= 0.3 is 0 Å². The van der Waals surface area contributed by atoms with Gasteiger partial charge in [-0.25, -0.2) is 0 Å². The number of hydrogen-bond acceptors (Lipinski definition) is 4. The first kappa shape index (κ1) is 7.02. The lowest BCUT2D eigenvalue weighted by Gasteiger charge is -1.98. The maximum absolute atomic E-state index is 5.52. The zero-order valence-corrected chi connectivity index (χ0v) is 6.94. The molecular formula is C7H9N5. The molecule has 0 bridgehead atoms. The molecule has 2 aromatic heterocycles. The van der Waals surface area contributed by atoms with Gasteiger partial charge in [0.05, 0.1) is 5.69 Å². The van der Waals surface area contributed by atoms with E-state index >= 15 is 0 Å². The van der Waals surface area contributed by atoms with Crippen LogP contribution in [-0.4, -0.2) is 19.8 Å². The number of aromatic nitrogens is 4. The average molecular weight is 163 g/mol. The number of rotatable bonds is 0. The first-order valence-corrected chi connectivity index (χ1v) is 3.63. The molecule has 2 aromatic rings. The number of hydrogen-bond donors (Lipinski definition) is 1. The molecule has 0 aliphatic rings. The first-order valence-electron chi connectivity index (χ1n) is 3.63. The highest BCUT2D eigenvalue weighted by Crippen LogP contribution is 2.08. The normalized spacial score (nSPS) is 10.8. The summed E-state index contributed by atoms with van der Waals surface area (Å²) < 4.78 is 1.53. The predicted octanol–water partition coefficient (Wildman–Crippen LogP) is 0.323. The van der Waals surface area contributed by atoms with Gasteiger partial charge in [-0.2, -0.15) is 9.61 Å². The SMILES string of the molecule is Cc1cc2nnc(N)n2nc1C. The number of fused-ring (bicyclic) bond motifs is 1. The van der Waals surface area contributed by atoms with Crippen molar-refractivity contribution in [2.24, 2.45) is 0 Å². The van der Waals surface area contributed by atoms with Gasteiger partial charge in [-0.05, 0) is 25.5 Å². The van der Waals surface area contributed by atoms with Crippen LogP contribution < -0.4 is 5.73 Å². The molecule has 12 heavy (non-hydrogen) atoms. The fraction of sp³-hybridized carbons (Fsp3) is 0.286. The van der Waals surface area contributed by atoms with Gasteiger partial charge in [0.15, 0.2) is 5.65 Å². The number of nitrogen functional groups attached to an aromatic ring is 1. The van der Waals surface area contributed by atoms with Crippen molar-refractivity contribution in [3.63, 3.8) is 0 Å². The Hall–Kier alpha value is -1.65. The molecule has 0 aliphatic heterocycles. The Morgan fingerprint density at radius 1 is 1.33 bits per heavy atom. The minimum atomic E-state index is 0.327. The standard InChI is InChI=1S/C7H9N5/c1-4-3-6-9-10-7(8)12(6)11-5(4)2/h3H,1-2H3,(H2,8,10). The van der Waals surface area contributed by atoms with Gasteiger partial charge in [-0.1, -0.05) is 0 Å². The molecule has 5 heteroatoms. The monoisotopic (exact) mass is 163 g/mol. The van der Waals surface area contributed by atoms with Gasteiger partial charge in [-0.15, -0.1) is 10.2 Å². The Kier molecular flexibility index (Phi) is 1.27. The molecule has 2 N–H and O–H groups in total. The molecule has 62 valence electrons. The molecule has 0 saturated carbocycles. The van der Waals surface area contributed by atoms with Crippen molar-refractivity contribution in [3.8, 4) is 0 Å². The van der Waals surface area contributed by atoms with E-state index in [1.807, 2.05) is 19.9 Å². The van der Waals surface area contributed by atoms with Crippen molar-refractivity contribution in [3.05, 3.63) is 17.3 Å². The maximum atomic E-state index is 5.52. The van der Waals surface area contributed by atoms with Crippen LogP contribution in [0.2, 0.25) is 0 Å². The Bertz CT molecular complexity index is 431. The van der Waals surface area contributed by atoms with Gasteiger partial charge in [0, 0.05) is 0 Å². The van der Waals surface area contributed by atoms with E-state index in [2.05, 4.69) is 15.3 Å². The zero-order chi connectivity index (χ0) is 8.72. The van der Waals surface area contributed by atoms with Crippen LogP contribution in [0.5, 0.6) is 0 Å². The van der Waals surface area contributed by atoms with Gasteiger partial charge < -0.3 is 5.73 Å². The lowest BCUT2D eigenvalue weighted by Crippen LogP contribution is -2.01. The van der Waals surface area contributed by atoms with Crippen LogP contribution in [0.4, 0.5) is 5.95 Å². The number of anilines is 1. The van der Waals surface area contributed by atoms with E-state index in [-0.39, 0.29) is 0 Å². The van der Waals surface area contributed by atoms with Crippen LogP contribution in [-0.2, 0) is 0 Å². The molecule has 0 amide bonds. The van der Waals surface area contributed by atoms with Crippen LogP contribution in [0.1, 0.15) is 11.3 Å². The van der Waals surface area contributed by atoms with E-state index in [1.165, 1.54) is 4.52 Å². The minimum Gasteiger partial charge on any atom is -0.366 e. The molecule has 0 spiro atoms. The lowest BCUT2D eigenvalue weighted by molar-refractivity contribution is 0.894. The van der Waals surface area contributed by atoms with E-state index in [1.54, 1.807) is 0 Å². The summed E-state index contributed by atoms with van der Waals surface area (Å²) >= 11 is 0. The first-order chi connectivity index (χ1) is 5.68. The molecule has 0 unspecified atom stereocenters. The number of aryl methyl sites for hydroxylation is 2. The third kappa shape index (κ3) is 0.827. The lowest BCUT2D eigenvalue weighted by atomic mass is 10.2. The van der Waals surface area contributed by atoms with Gasteiger partial charge in [0.25, 0.3) is 0 Å². The van der Waals surface area contributed by atoms with E-state index in [0.717, 1.165) is 11.3 Å². The smallest absolute Gasteiger partial charge is 0.243 e. The van der Waals surface area contributed by atoms with Crippen LogP contribution in [0.15, 0.2) is 6.07 Å². The quantitative estimate of drug-likeness (QED) is 0.607. The highest BCUT2D eigenvalue weighted by atomic mass is 15.4. The molecule has 0 radical (unpaired) electrons. The molecule has 0 saturated heterocycles. The second kappa shape index (κ2) is 2.17. The Balaban J connectivity index is 2.87. The second-order valence-corrected chi connectivity index (χ2v) is 2.74. The molecule has 0 aromatic carbocycles. The maximum Gasteiger partial charge on any atom is 0.243 e. The second-order valence-electron chi connectivity index (χ2n) is 2.74. The van der Waals surface area contributed by atoms with Crippen LogP contribution in [0.3, 0.4) is 0 Å². The summed E-state index contributed by atoms with van der Waals surface area (Å²) in [6.07, 6.45) is 0. The molecule has 0 aliphatic carbocycles. The molecule has 0 fully saturated rings. The Morgan fingerprint density at radius 2 is 2.08 bits per heavy atom. The van der Waals surface area contributed by atoms with E-state index < -0.39 is 0 Å². The van der Waals surface area contributed by atoms with E-state index in [0.29, 0.717) is 11.6 Å². The van der Waals surface area contributed by atoms with Gasteiger partial charge in [0.2, 0.25) is 5.95 Å². The van der Waals surface area contributed by atoms with Crippen molar-refractivity contribution in [1.29, 1.82) is 0 Å². The highest BCUT2D eigenvalue weighted by molar-refractivity contribution is 5.44. The zero-order valence-electron chi connectivity index (χ0n) is 6.94. The molecule has 0 atom stereocenters. The third-order valence-corrected chi connectivity index (χ3v) is 1.86. The van der Waals surface area contributed by atoms with Gasteiger partial charge in [-0.3, -0.25) is 0 Å². The largest absolute Gasteiger partial charge is 0.366 e. The van der Waals surface area contributed by atoms with Crippen molar-refractivity contribution in [1.82, 2.24) is 19.8 Å². The summed E-state index contributed by atoms with van der Waals surface area (Å²) in [4.78, 5) is 0. The molecule has 5 nitrogen and oxygen atoms in total. The third-order valence-electron chi connectivity index (χ3n) is 1.86.